The van der Waals surface area contributed by atoms with Crippen molar-refractivity contribution in [3.63, 3.8) is 0 Å². The predicted octanol–water partition coefficient (Wildman–Crippen LogP) is 2.45. The number of benzene rings is 1. The number of aromatic nitrogens is 2. The first-order valence-corrected chi connectivity index (χ1v) is 6.93. The van der Waals surface area contributed by atoms with Gasteiger partial charge in [-0.05, 0) is 24.7 Å². The third-order valence-corrected chi connectivity index (χ3v) is 4.15. The fourth-order valence-electron chi connectivity index (χ4n) is 3.01. The second-order valence-electron chi connectivity index (χ2n) is 5.29. The number of nitrogens with one attached hydrogen (secondary N) is 1. The largest absolute Gasteiger partial charge is 0.396 e. The Morgan fingerprint density at radius 1 is 1.21 bits per heavy atom. The smallest absolute Gasteiger partial charge is 0.156 e. The molecule has 1 heterocycles. The monoisotopic (exact) mass is 257 g/mol. The molecule has 1 aliphatic rings. The van der Waals surface area contributed by atoms with Crippen LogP contribution in [-0.2, 0) is 0 Å². The zero-order chi connectivity index (χ0) is 13.1. The summed E-state index contributed by atoms with van der Waals surface area (Å²) in [6.45, 7) is 1.17. The maximum Gasteiger partial charge on any atom is 0.156 e. The normalized spacial score (nSPS) is 22.8. The van der Waals surface area contributed by atoms with Gasteiger partial charge in [-0.3, -0.25) is 0 Å². The van der Waals surface area contributed by atoms with Gasteiger partial charge in [0, 0.05) is 23.9 Å². The third-order valence-electron chi connectivity index (χ3n) is 4.15. The minimum absolute atomic E-state index is 0.299. The number of anilines is 1. The van der Waals surface area contributed by atoms with Crippen molar-refractivity contribution < 1.29 is 5.11 Å². The van der Waals surface area contributed by atoms with Crippen molar-refractivity contribution in [2.45, 2.75) is 19.3 Å². The number of nitrogens with zero attached hydrogens (tertiary/aromatic N) is 2. The highest BCUT2D eigenvalue weighted by atomic mass is 16.3. The van der Waals surface area contributed by atoms with Crippen LogP contribution in [0.4, 0.5) is 5.82 Å². The van der Waals surface area contributed by atoms with E-state index in [1.54, 1.807) is 6.20 Å². The highest BCUT2D eigenvalue weighted by Gasteiger charge is 2.26. The summed E-state index contributed by atoms with van der Waals surface area (Å²) in [5.74, 6) is 1.84. The van der Waals surface area contributed by atoms with Gasteiger partial charge in [0.15, 0.2) is 5.82 Å². The van der Waals surface area contributed by atoms with E-state index in [9.17, 15) is 5.11 Å². The Labute approximate surface area is 112 Å². The van der Waals surface area contributed by atoms with Crippen LogP contribution in [-0.4, -0.2) is 28.5 Å². The van der Waals surface area contributed by atoms with Gasteiger partial charge >= 0.3 is 0 Å². The number of fused-ring (bicyclic) bond motifs is 1. The molecule has 2 unspecified atom stereocenters. The average Bonchev–Trinajstić information content (AvgIpc) is 2.92. The Morgan fingerprint density at radius 2 is 2.05 bits per heavy atom. The van der Waals surface area contributed by atoms with Crippen molar-refractivity contribution in [2.75, 3.05) is 18.5 Å². The van der Waals surface area contributed by atoms with E-state index in [1.807, 2.05) is 18.2 Å². The van der Waals surface area contributed by atoms with Gasteiger partial charge in [-0.25, -0.2) is 0 Å². The number of hydrogen-bond acceptors (Lipinski definition) is 4. The SMILES string of the molecule is OCC1CCCC1CNc1nncc2ccccc12. The quantitative estimate of drug-likeness (QED) is 0.883. The van der Waals surface area contributed by atoms with Crippen LogP contribution in [0.2, 0.25) is 0 Å². The van der Waals surface area contributed by atoms with Crippen LogP contribution in [0, 0.1) is 11.8 Å². The van der Waals surface area contributed by atoms with E-state index in [4.69, 9.17) is 0 Å². The van der Waals surface area contributed by atoms with Crippen molar-refractivity contribution >= 4 is 16.6 Å². The molecule has 1 saturated carbocycles. The Hall–Kier alpha value is -1.68. The van der Waals surface area contributed by atoms with Crippen LogP contribution in [0.5, 0.6) is 0 Å². The van der Waals surface area contributed by atoms with E-state index < -0.39 is 0 Å². The lowest BCUT2D eigenvalue weighted by Gasteiger charge is -2.18. The summed E-state index contributed by atoms with van der Waals surface area (Å²) in [5.41, 5.74) is 0. The molecule has 0 aliphatic heterocycles. The van der Waals surface area contributed by atoms with Crippen LogP contribution >= 0.6 is 0 Å². The first-order valence-electron chi connectivity index (χ1n) is 6.93. The number of hydrogen-bond donors (Lipinski definition) is 2. The minimum Gasteiger partial charge on any atom is -0.396 e. The summed E-state index contributed by atoms with van der Waals surface area (Å²) in [4.78, 5) is 0. The Bertz CT molecular complexity index is 553. The Morgan fingerprint density at radius 3 is 2.95 bits per heavy atom. The molecule has 0 amide bonds. The summed E-state index contributed by atoms with van der Waals surface area (Å²) >= 11 is 0. The topological polar surface area (TPSA) is 58.0 Å². The lowest BCUT2D eigenvalue weighted by molar-refractivity contribution is 0.199. The molecule has 1 aromatic carbocycles. The Kier molecular flexibility index (Phi) is 3.60. The van der Waals surface area contributed by atoms with Gasteiger partial charge in [0.1, 0.15) is 0 Å². The highest BCUT2D eigenvalue weighted by molar-refractivity contribution is 5.90. The molecule has 2 N–H and O–H groups in total. The van der Waals surface area contributed by atoms with E-state index in [2.05, 4.69) is 21.6 Å². The van der Waals surface area contributed by atoms with E-state index in [1.165, 1.54) is 12.8 Å². The fraction of sp³-hybridized carbons (Fsp3) is 0.467. The fourth-order valence-corrected chi connectivity index (χ4v) is 3.01. The van der Waals surface area contributed by atoms with Gasteiger partial charge in [-0.15, -0.1) is 5.10 Å². The molecular weight excluding hydrogens is 238 g/mol. The lowest BCUT2D eigenvalue weighted by atomic mass is 9.97. The molecule has 1 aliphatic carbocycles. The van der Waals surface area contributed by atoms with Gasteiger partial charge in [0.25, 0.3) is 0 Å². The molecule has 2 aromatic rings. The first kappa shape index (κ1) is 12.4. The van der Waals surface area contributed by atoms with E-state index in [0.29, 0.717) is 18.4 Å². The lowest BCUT2D eigenvalue weighted by Crippen LogP contribution is -2.21. The van der Waals surface area contributed by atoms with Gasteiger partial charge < -0.3 is 10.4 Å². The molecule has 1 aromatic heterocycles. The van der Waals surface area contributed by atoms with E-state index in [0.717, 1.165) is 29.6 Å². The van der Waals surface area contributed by atoms with Crippen LogP contribution in [0.25, 0.3) is 10.8 Å². The minimum atomic E-state index is 0.299. The Balaban J connectivity index is 1.75. The average molecular weight is 257 g/mol. The van der Waals surface area contributed by atoms with Crippen molar-refractivity contribution in [3.05, 3.63) is 30.5 Å². The molecule has 19 heavy (non-hydrogen) atoms. The van der Waals surface area contributed by atoms with Gasteiger partial charge in [-0.2, -0.15) is 5.10 Å². The molecule has 0 radical (unpaired) electrons. The van der Waals surface area contributed by atoms with Gasteiger partial charge in [0.2, 0.25) is 0 Å². The zero-order valence-corrected chi connectivity index (χ0v) is 10.9. The molecule has 2 atom stereocenters. The second-order valence-corrected chi connectivity index (χ2v) is 5.29. The standard InChI is InChI=1S/C15H19N3O/c19-10-13-6-3-5-11(13)8-16-15-14-7-2-1-4-12(14)9-17-18-15/h1-2,4,7,9,11,13,19H,3,5-6,8,10H2,(H,16,18). The van der Waals surface area contributed by atoms with Crippen LogP contribution in [0.3, 0.4) is 0 Å². The molecule has 0 spiro atoms. The molecule has 3 rings (SSSR count). The maximum atomic E-state index is 9.35. The summed E-state index contributed by atoms with van der Waals surface area (Å²) in [6, 6.07) is 8.12. The van der Waals surface area contributed by atoms with E-state index >= 15 is 0 Å². The summed E-state index contributed by atoms with van der Waals surface area (Å²) in [6.07, 6.45) is 5.34. The van der Waals surface area contributed by atoms with Crippen molar-refractivity contribution in [1.29, 1.82) is 0 Å². The van der Waals surface area contributed by atoms with Gasteiger partial charge in [0.05, 0.1) is 6.20 Å². The molecule has 1 fully saturated rings. The van der Waals surface area contributed by atoms with Crippen molar-refractivity contribution in [2.24, 2.45) is 11.8 Å². The zero-order valence-electron chi connectivity index (χ0n) is 10.9. The third kappa shape index (κ3) is 2.54. The predicted molar refractivity (Wildman–Crippen MR) is 75.9 cm³/mol. The second kappa shape index (κ2) is 5.53. The molecule has 0 saturated heterocycles. The molecular formula is C15H19N3O. The maximum absolute atomic E-state index is 9.35. The van der Waals surface area contributed by atoms with Crippen LogP contribution < -0.4 is 5.32 Å². The van der Waals surface area contributed by atoms with Crippen molar-refractivity contribution in [1.82, 2.24) is 10.2 Å². The molecule has 0 bridgehead atoms. The molecule has 4 heteroatoms. The number of rotatable bonds is 4. The van der Waals surface area contributed by atoms with Gasteiger partial charge in [-0.1, -0.05) is 30.7 Å². The number of aliphatic hydroxyl groups is 1. The van der Waals surface area contributed by atoms with Crippen LogP contribution in [0.15, 0.2) is 30.5 Å². The highest BCUT2D eigenvalue weighted by Crippen LogP contribution is 2.31. The summed E-state index contributed by atoms with van der Waals surface area (Å²) in [5, 5.41) is 23.2. The molecule has 100 valence electrons. The number of aliphatic hydroxyl groups excluding tert-OH is 1. The van der Waals surface area contributed by atoms with E-state index in [-0.39, 0.29) is 0 Å². The van der Waals surface area contributed by atoms with Crippen LogP contribution in [0.1, 0.15) is 19.3 Å². The summed E-state index contributed by atoms with van der Waals surface area (Å²) in [7, 11) is 0. The first-order chi connectivity index (χ1) is 9.38. The summed E-state index contributed by atoms with van der Waals surface area (Å²) < 4.78 is 0. The molecule has 4 nitrogen and oxygen atoms in total. The van der Waals surface area contributed by atoms with Crippen molar-refractivity contribution in [3.8, 4) is 0 Å².